The van der Waals surface area contributed by atoms with Crippen molar-refractivity contribution in [3.8, 4) is 28.4 Å². The number of rotatable bonds is 4. The summed E-state index contributed by atoms with van der Waals surface area (Å²) in [5, 5.41) is 0. The lowest BCUT2D eigenvalue weighted by Gasteiger charge is -2.14. The van der Waals surface area contributed by atoms with Crippen LogP contribution < -0.4 is 19.9 Å². The fraction of sp³-hybridized carbons (Fsp3) is 0.214. The Kier molecular flexibility index (Phi) is 3.75. The van der Waals surface area contributed by atoms with Gasteiger partial charge in [0, 0.05) is 11.8 Å². The van der Waals surface area contributed by atoms with Crippen LogP contribution in [0.3, 0.4) is 0 Å². The maximum atomic E-state index is 5.58. The second kappa shape index (κ2) is 5.48. The zero-order valence-corrected chi connectivity index (χ0v) is 11.1. The van der Waals surface area contributed by atoms with Crippen molar-refractivity contribution < 1.29 is 14.2 Å². The molecule has 0 bridgehead atoms. The van der Waals surface area contributed by atoms with Gasteiger partial charge in [-0.2, -0.15) is 0 Å². The van der Waals surface area contributed by atoms with E-state index in [0.717, 1.165) is 11.1 Å². The fourth-order valence-electron chi connectivity index (χ4n) is 1.82. The van der Waals surface area contributed by atoms with E-state index in [1.807, 2.05) is 18.2 Å². The largest absolute Gasteiger partial charge is 0.493 e. The van der Waals surface area contributed by atoms with Crippen LogP contribution in [0.4, 0.5) is 5.82 Å². The number of aromatic nitrogens is 1. The third-order valence-electron chi connectivity index (χ3n) is 2.78. The van der Waals surface area contributed by atoms with Gasteiger partial charge in [0.2, 0.25) is 5.75 Å². The number of nitrogen functional groups attached to an aromatic ring is 1. The zero-order valence-electron chi connectivity index (χ0n) is 11.1. The van der Waals surface area contributed by atoms with E-state index in [4.69, 9.17) is 19.9 Å². The van der Waals surface area contributed by atoms with Gasteiger partial charge in [0.1, 0.15) is 5.82 Å². The van der Waals surface area contributed by atoms with E-state index in [9.17, 15) is 0 Å². The molecule has 0 atom stereocenters. The third-order valence-corrected chi connectivity index (χ3v) is 2.78. The number of methoxy groups -OCH3 is 3. The Morgan fingerprint density at radius 1 is 0.895 bits per heavy atom. The quantitative estimate of drug-likeness (QED) is 0.914. The number of nitrogens with zero attached hydrogens (tertiary/aromatic N) is 1. The number of ether oxygens (including phenoxy) is 3. The molecule has 0 fully saturated rings. The van der Waals surface area contributed by atoms with Gasteiger partial charge in [-0.05, 0) is 29.8 Å². The highest BCUT2D eigenvalue weighted by Gasteiger charge is 2.14. The molecule has 0 aliphatic rings. The number of anilines is 1. The van der Waals surface area contributed by atoms with Crippen molar-refractivity contribution in [3.05, 3.63) is 30.5 Å². The van der Waals surface area contributed by atoms with Crippen LogP contribution in [0, 0.1) is 0 Å². The Hall–Kier alpha value is -2.43. The van der Waals surface area contributed by atoms with Gasteiger partial charge in [-0.15, -0.1) is 0 Å². The second-order valence-corrected chi connectivity index (χ2v) is 3.89. The molecule has 2 aromatic rings. The highest BCUT2D eigenvalue weighted by molar-refractivity contribution is 5.71. The number of nitrogens with two attached hydrogens (primary N) is 1. The van der Waals surface area contributed by atoms with Crippen LogP contribution in [0.1, 0.15) is 0 Å². The topological polar surface area (TPSA) is 66.6 Å². The summed E-state index contributed by atoms with van der Waals surface area (Å²) in [4.78, 5) is 4.07. The van der Waals surface area contributed by atoms with Crippen LogP contribution in [-0.4, -0.2) is 26.3 Å². The molecule has 0 aliphatic heterocycles. The molecular weight excluding hydrogens is 244 g/mol. The predicted molar refractivity (Wildman–Crippen MR) is 73.7 cm³/mol. The Labute approximate surface area is 111 Å². The summed E-state index contributed by atoms with van der Waals surface area (Å²) in [7, 11) is 4.75. The molecule has 1 aromatic heterocycles. The second-order valence-electron chi connectivity index (χ2n) is 3.89. The van der Waals surface area contributed by atoms with E-state index in [1.165, 1.54) is 0 Å². The number of hydrogen-bond donors (Lipinski definition) is 1. The van der Waals surface area contributed by atoms with Crippen molar-refractivity contribution in [1.29, 1.82) is 0 Å². The van der Waals surface area contributed by atoms with Gasteiger partial charge >= 0.3 is 0 Å². The van der Waals surface area contributed by atoms with Crippen LogP contribution >= 0.6 is 0 Å². The Bertz CT molecular complexity index is 542. The number of pyridine rings is 1. The lowest BCUT2D eigenvalue weighted by atomic mass is 10.1. The molecule has 5 heteroatoms. The maximum Gasteiger partial charge on any atom is 0.203 e. The smallest absolute Gasteiger partial charge is 0.203 e. The molecular formula is C14H16N2O3. The minimum Gasteiger partial charge on any atom is -0.493 e. The summed E-state index contributed by atoms with van der Waals surface area (Å²) in [6.45, 7) is 0. The highest BCUT2D eigenvalue weighted by Crippen LogP contribution is 2.41. The number of hydrogen-bond acceptors (Lipinski definition) is 5. The summed E-state index contributed by atoms with van der Waals surface area (Å²) < 4.78 is 15.9. The minimum absolute atomic E-state index is 0.483. The van der Waals surface area contributed by atoms with Crippen molar-refractivity contribution in [2.24, 2.45) is 0 Å². The SMILES string of the molecule is COc1cc(-c2ccc(N)nc2)cc(OC)c1OC. The summed E-state index contributed by atoms with van der Waals surface area (Å²) >= 11 is 0. The summed E-state index contributed by atoms with van der Waals surface area (Å²) in [5.74, 6) is 2.26. The molecule has 0 unspecified atom stereocenters. The molecule has 1 heterocycles. The van der Waals surface area contributed by atoms with E-state index in [-0.39, 0.29) is 0 Å². The molecule has 0 amide bonds. The van der Waals surface area contributed by atoms with Crippen molar-refractivity contribution >= 4 is 5.82 Å². The monoisotopic (exact) mass is 260 g/mol. The van der Waals surface area contributed by atoms with Gasteiger partial charge in [0.05, 0.1) is 21.3 Å². The molecule has 1 aromatic carbocycles. The molecule has 0 aliphatic carbocycles. The van der Waals surface area contributed by atoms with Crippen molar-refractivity contribution in [2.45, 2.75) is 0 Å². The molecule has 2 N–H and O–H groups in total. The Balaban J connectivity index is 2.55. The van der Waals surface area contributed by atoms with Crippen molar-refractivity contribution in [3.63, 3.8) is 0 Å². The summed E-state index contributed by atoms with van der Waals surface area (Å²) in [6.07, 6.45) is 1.70. The zero-order chi connectivity index (χ0) is 13.8. The standard InChI is InChI=1S/C14H16N2O3/c1-17-11-6-10(7-12(18-2)14(11)19-3)9-4-5-13(15)16-8-9/h4-8H,1-3H3,(H2,15,16). The highest BCUT2D eigenvalue weighted by atomic mass is 16.5. The molecule has 0 saturated heterocycles. The first-order valence-corrected chi connectivity index (χ1v) is 5.71. The first-order valence-electron chi connectivity index (χ1n) is 5.71. The van der Waals surface area contributed by atoms with Gasteiger partial charge in [0.25, 0.3) is 0 Å². The van der Waals surface area contributed by atoms with Crippen LogP contribution in [0.5, 0.6) is 17.2 Å². The first-order chi connectivity index (χ1) is 9.19. The Morgan fingerprint density at radius 2 is 1.53 bits per heavy atom. The average Bonchev–Trinajstić information content (AvgIpc) is 2.46. The summed E-state index contributed by atoms with van der Waals surface area (Å²) in [6, 6.07) is 7.38. The molecule has 0 radical (unpaired) electrons. The van der Waals surface area contributed by atoms with E-state index < -0.39 is 0 Å². The van der Waals surface area contributed by atoms with Gasteiger partial charge in [0.15, 0.2) is 11.5 Å². The fourth-order valence-corrected chi connectivity index (χ4v) is 1.82. The van der Waals surface area contributed by atoms with Gasteiger partial charge < -0.3 is 19.9 Å². The van der Waals surface area contributed by atoms with Crippen molar-refractivity contribution in [1.82, 2.24) is 4.98 Å². The summed E-state index contributed by atoms with van der Waals surface area (Å²) in [5.41, 5.74) is 7.43. The van der Waals surface area contributed by atoms with Crippen LogP contribution in [-0.2, 0) is 0 Å². The number of benzene rings is 1. The first kappa shape index (κ1) is 13.0. The molecule has 2 rings (SSSR count). The third kappa shape index (κ3) is 2.54. The molecule has 19 heavy (non-hydrogen) atoms. The van der Waals surface area contributed by atoms with Crippen LogP contribution in [0.15, 0.2) is 30.5 Å². The van der Waals surface area contributed by atoms with E-state index in [2.05, 4.69) is 4.98 Å². The predicted octanol–water partition coefficient (Wildman–Crippen LogP) is 2.36. The van der Waals surface area contributed by atoms with Crippen LogP contribution in [0.25, 0.3) is 11.1 Å². The van der Waals surface area contributed by atoms with E-state index >= 15 is 0 Å². The van der Waals surface area contributed by atoms with E-state index in [1.54, 1.807) is 33.6 Å². The molecule has 100 valence electrons. The van der Waals surface area contributed by atoms with E-state index in [0.29, 0.717) is 23.1 Å². The lowest BCUT2D eigenvalue weighted by Crippen LogP contribution is -1.96. The van der Waals surface area contributed by atoms with Gasteiger partial charge in [-0.25, -0.2) is 4.98 Å². The normalized spacial score (nSPS) is 10.1. The maximum absolute atomic E-state index is 5.58. The van der Waals surface area contributed by atoms with Crippen LogP contribution in [0.2, 0.25) is 0 Å². The Morgan fingerprint density at radius 3 is 1.95 bits per heavy atom. The average molecular weight is 260 g/mol. The van der Waals surface area contributed by atoms with Gasteiger partial charge in [-0.3, -0.25) is 0 Å². The molecule has 0 spiro atoms. The molecule has 5 nitrogen and oxygen atoms in total. The van der Waals surface area contributed by atoms with Gasteiger partial charge in [-0.1, -0.05) is 0 Å². The molecule has 0 saturated carbocycles. The lowest BCUT2D eigenvalue weighted by molar-refractivity contribution is 0.324. The van der Waals surface area contributed by atoms with Crippen molar-refractivity contribution in [2.75, 3.05) is 27.1 Å². The minimum atomic E-state index is 0.483.